The molecule has 3 heterocycles. The quantitative estimate of drug-likeness (QED) is 0.425. The minimum Gasteiger partial charge on any atom is -0.342 e. The number of hydrogen-bond acceptors (Lipinski definition) is 5. The first kappa shape index (κ1) is 20.8. The number of nitrogens with zero attached hydrogens (tertiary/aromatic N) is 3. The van der Waals surface area contributed by atoms with Crippen LogP contribution in [0.2, 0.25) is 0 Å². The standard InChI is InChI=1S/C24H27N3O2S2/c1-15-10-11-18-19(14-15)31-21-20(18)23(29)27(17-8-4-3-5-9-17)24(25-21)30-16(2)22(28)26-12-6-7-13-26/h3-5,8-9,15-16H,6-7,10-14H2,1-2H3. The average Bonchev–Trinajstić information content (AvgIpc) is 3.41. The topological polar surface area (TPSA) is 55.2 Å². The van der Waals surface area contributed by atoms with Gasteiger partial charge in [-0.3, -0.25) is 14.2 Å². The van der Waals surface area contributed by atoms with Crippen molar-refractivity contribution < 1.29 is 4.79 Å². The van der Waals surface area contributed by atoms with E-state index in [9.17, 15) is 9.59 Å². The number of amides is 1. The number of thioether (sulfide) groups is 1. The molecule has 3 aromatic rings. The fourth-order valence-corrected chi connectivity index (χ4v) is 7.09. The Labute approximate surface area is 190 Å². The first-order valence-corrected chi connectivity index (χ1v) is 12.8. The number of likely N-dealkylation sites (tertiary alicyclic amines) is 1. The Balaban J connectivity index is 1.62. The van der Waals surface area contributed by atoms with Gasteiger partial charge in [0.25, 0.3) is 5.56 Å². The number of aryl methyl sites for hydroxylation is 1. The van der Waals surface area contributed by atoms with Crippen molar-refractivity contribution in [2.24, 2.45) is 5.92 Å². The molecule has 1 amide bonds. The Hall–Kier alpha value is -2.12. The van der Waals surface area contributed by atoms with Crippen LogP contribution in [0.1, 0.15) is 43.6 Å². The third-order valence-electron chi connectivity index (χ3n) is 6.36. The monoisotopic (exact) mass is 453 g/mol. The SMILES string of the molecule is CC1CCc2c(sc3nc(SC(C)C(=O)N4CCCC4)n(-c4ccccc4)c(=O)c23)C1. The summed E-state index contributed by atoms with van der Waals surface area (Å²) in [4.78, 5) is 35.8. The normalized spacial score (nSPS) is 19.5. The molecule has 0 saturated carbocycles. The smallest absolute Gasteiger partial charge is 0.267 e. The van der Waals surface area contributed by atoms with Gasteiger partial charge in [0.15, 0.2) is 5.16 Å². The van der Waals surface area contributed by atoms with Gasteiger partial charge in [-0.25, -0.2) is 4.98 Å². The van der Waals surface area contributed by atoms with Crippen molar-refractivity contribution >= 4 is 39.2 Å². The molecule has 0 radical (unpaired) electrons. The van der Waals surface area contributed by atoms with Gasteiger partial charge in [-0.1, -0.05) is 36.9 Å². The van der Waals surface area contributed by atoms with Gasteiger partial charge in [0.05, 0.1) is 16.3 Å². The van der Waals surface area contributed by atoms with E-state index in [0.717, 1.165) is 61.1 Å². The zero-order valence-electron chi connectivity index (χ0n) is 18.0. The summed E-state index contributed by atoms with van der Waals surface area (Å²) in [5, 5.41) is 1.10. The molecule has 5 rings (SSSR count). The molecule has 2 aliphatic rings. The summed E-state index contributed by atoms with van der Waals surface area (Å²) in [5.74, 6) is 0.777. The highest BCUT2D eigenvalue weighted by Crippen LogP contribution is 2.37. The predicted octanol–water partition coefficient (Wildman–Crippen LogP) is 4.68. The van der Waals surface area contributed by atoms with Crippen molar-refractivity contribution in [1.82, 2.24) is 14.5 Å². The number of thiophene rings is 1. The highest BCUT2D eigenvalue weighted by atomic mass is 32.2. The van der Waals surface area contributed by atoms with Gasteiger partial charge in [0.1, 0.15) is 4.83 Å². The zero-order valence-corrected chi connectivity index (χ0v) is 19.6. The number of carbonyl (C=O) groups excluding carboxylic acids is 1. The molecule has 2 unspecified atom stereocenters. The summed E-state index contributed by atoms with van der Waals surface area (Å²) in [5.41, 5.74) is 1.99. The van der Waals surface area contributed by atoms with Gasteiger partial charge in [-0.15, -0.1) is 11.3 Å². The second-order valence-corrected chi connectivity index (χ2v) is 11.1. The van der Waals surface area contributed by atoms with Crippen molar-refractivity contribution in [2.45, 2.75) is 56.4 Å². The summed E-state index contributed by atoms with van der Waals surface area (Å²) in [6.07, 6.45) is 5.22. The summed E-state index contributed by atoms with van der Waals surface area (Å²) in [7, 11) is 0. The Morgan fingerprint density at radius 3 is 2.71 bits per heavy atom. The van der Waals surface area contributed by atoms with Crippen molar-refractivity contribution in [2.75, 3.05) is 13.1 Å². The van der Waals surface area contributed by atoms with Crippen LogP contribution in [0.3, 0.4) is 0 Å². The van der Waals surface area contributed by atoms with E-state index in [1.54, 1.807) is 15.9 Å². The highest BCUT2D eigenvalue weighted by Gasteiger charge is 2.28. The van der Waals surface area contributed by atoms with Crippen LogP contribution >= 0.6 is 23.1 Å². The minimum absolute atomic E-state index is 0.00780. The van der Waals surface area contributed by atoms with Gasteiger partial charge in [0.2, 0.25) is 5.91 Å². The maximum absolute atomic E-state index is 13.8. The molecule has 7 heteroatoms. The largest absolute Gasteiger partial charge is 0.342 e. The predicted molar refractivity (Wildman–Crippen MR) is 128 cm³/mol. The molecule has 1 aromatic carbocycles. The van der Waals surface area contributed by atoms with Crippen LogP contribution in [0, 0.1) is 5.92 Å². The van der Waals surface area contributed by atoms with Crippen LogP contribution in [0.5, 0.6) is 0 Å². The Kier molecular flexibility index (Phi) is 5.65. The molecule has 0 N–H and O–H groups in total. The van der Waals surface area contributed by atoms with E-state index >= 15 is 0 Å². The van der Waals surface area contributed by atoms with Crippen LogP contribution in [-0.2, 0) is 17.6 Å². The van der Waals surface area contributed by atoms with Crippen LogP contribution in [0.4, 0.5) is 0 Å². The first-order chi connectivity index (χ1) is 15.0. The highest BCUT2D eigenvalue weighted by molar-refractivity contribution is 8.00. The van der Waals surface area contributed by atoms with Crippen molar-refractivity contribution in [3.63, 3.8) is 0 Å². The molecule has 162 valence electrons. The van der Waals surface area contributed by atoms with E-state index in [2.05, 4.69) is 6.92 Å². The molecule has 1 aliphatic heterocycles. The van der Waals surface area contributed by atoms with Crippen LogP contribution in [-0.4, -0.2) is 38.7 Å². The molecule has 31 heavy (non-hydrogen) atoms. The number of aromatic nitrogens is 2. The van der Waals surface area contributed by atoms with E-state index in [4.69, 9.17) is 4.98 Å². The minimum atomic E-state index is -0.285. The van der Waals surface area contributed by atoms with Crippen molar-refractivity contribution in [1.29, 1.82) is 0 Å². The Morgan fingerprint density at radius 1 is 1.23 bits per heavy atom. The lowest BCUT2D eigenvalue weighted by molar-refractivity contribution is -0.129. The molecule has 0 spiro atoms. The lowest BCUT2D eigenvalue weighted by atomic mass is 9.89. The molecule has 1 fully saturated rings. The molecule has 5 nitrogen and oxygen atoms in total. The second-order valence-electron chi connectivity index (χ2n) is 8.69. The van der Waals surface area contributed by atoms with E-state index in [1.165, 1.54) is 22.2 Å². The molecule has 2 atom stereocenters. The third-order valence-corrected chi connectivity index (χ3v) is 8.55. The van der Waals surface area contributed by atoms with Gasteiger partial charge < -0.3 is 4.90 Å². The average molecular weight is 454 g/mol. The van der Waals surface area contributed by atoms with Crippen LogP contribution < -0.4 is 5.56 Å². The summed E-state index contributed by atoms with van der Waals surface area (Å²) < 4.78 is 1.71. The fraction of sp³-hybridized carbons (Fsp3) is 0.458. The molecular weight excluding hydrogens is 426 g/mol. The summed E-state index contributed by atoms with van der Waals surface area (Å²) in [6, 6.07) is 9.69. The number of fused-ring (bicyclic) bond motifs is 3. The van der Waals surface area contributed by atoms with Crippen molar-refractivity contribution in [3.8, 4) is 5.69 Å². The van der Waals surface area contributed by atoms with Gasteiger partial charge >= 0.3 is 0 Å². The van der Waals surface area contributed by atoms with Gasteiger partial charge in [0, 0.05) is 18.0 Å². The third kappa shape index (κ3) is 3.82. The van der Waals surface area contributed by atoms with Crippen molar-refractivity contribution in [3.05, 3.63) is 51.1 Å². The summed E-state index contributed by atoms with van der Waals surface area (Å²) in [6.45, 7) is 5.86. The molecular formula is C24H27N3O2S2. The molecule has 1 saturated heterocycles. The number of rotatable bonds is 4. The zero-order chi connectivity index (χ0) is 21.5. The molecule has 1 aliphatic carbocycles. The van der Waals surface area contributed by atoms with Gasteiger partial charge in [-0.05, 0) is 62.6 Å². The number of hydrogen-bond donors (Lipinski definition) is 0. The summed E-state index contributed by atoms with van der Waals surface area (Å²) >= 11 is 3.07. The van der Waals surface area contributed by atoms with Gasteiger partial charge in [-0.2, -0.15) is 0 Å². The number of carbonyl (C=O) groups is 1. The molecule has 0 bridgehead atoms. The van der Waals surface area contributed by atoms with E-state index in [-0.39, 0.29) is 16.7 Å². The van der Waals surface area contributed by atoms with E-state index in [1.807, 2.05) is 42.2 Å². The van der Waals surface area contributed by atoms with Crippen LogP contribution in [0.25, 0.3) is 15.9 Å². The Bertz CT molecular complexity index is 1180. The molecule has 2 aromatic heterocycles. The van der Waals surface area contributed by atoms with Crippen LogP contribution in [0.15, 0.2) is 40.3 Å². The number of benzene rings is 1. The first-order valence-electron chi connectivity index (χ1n) is 11.1. The number of para-hydroxylation sites is 1. The van der Waals surface area contributed by atoms with E-state index < -0.39 is 0 Å². The Morgan fingerprint density at radius 2 is 1.97 bits per heavy atom. The lowest BCUT2D eigenvalue weighted by Gasteiger charge is -2.21. The second kappa shape index (κ2) is 8.43. The lowest BCUT2D eigenvalue weighted by Crippen LogP contribution is -2.34. The van der Waals surface area contributed by atoms with E-state index in [0.29, 0.717) is 11.1 Å². The maximum Gasteiger partial charge on any atom is 0.267 e. The fourth-order valence-electron chi connectivity index (χ4n) is 4.66. The maximum atomic E-state index is 13.8.